The maximum atomic E-state index is 9.46. The third kappa shape index (κ3) is 3.76. The molecule has 1 N–H and O–H groups in total. The van der Waals surface area contributed by atoms with E-state index in [9.17, 15) is 5.26 Å². The minimum absolute atomic E-state index is 0.633. The average molecular weight is 285 g/mol. The number of benzene rings is 2. The lowest BCUT2D eigenvalue weighted by molar-refractivity contribution is 0.589. The van der Waals surface area contributed by atoms with Crippen molar-refractivity contribution < 1.29 is 0 Å². The number of nitrogens with one attached hydrogen (secondary N) is 1. The zero-order chi connectivity index (χ0) is 14.4. The maximum absolute atomic E-state index is 9.46. The van der Waals surface area contributed by atoms with Crippen molar-refractivity contribution in [1.29, 1.82) is 5.26 Å². The van der Waals surface area contributed by atoms with Gasteiger partial charge in [-0.25, -0.2) is 0 Å². The normalized spacial score (nSPS) is 13.2. The molecule has 0 saturated carbocycles. The number of nitriles is 1. The smallest absolute Gasteiger partial charge is 0.122 e. The Morgan fingerprint density at radius 1 is 1.10 bits per heavy atom. The largest absolute Gasteiger partial charge is 0.366 e. The first kappa shape index (κ1) is 14.4. The SMILES string of the molecule is CC(C#N)(CCc1ccccc1)Nc1ccccc1Cl. The van der Waals surface area contributed by atoms with Crippen LogP contribution in [0.5, 0.6) is 0 Å². The van der Waals surface area contributed by atoms with Gasteiger partial charge in [-0.15, -0.1) is 0 Å². The van der Waals surface area contributed by atoms with E-state index in [4.69, 9.17) is 11.6 Å². The summed E-state index contributed by atoms with van der Waals surface area (Å²) in [7, 11) is 0. The molecule has 0 aliphatic carbocycles. The molecule has 0 spiro atoms. The molecule has 0 aliphatic heterocycles. The van der Waals surface area contributed by atoms with E-state index in [1.807, 2.05) is 49.4 Å². The molecule has 2 nitrogen and oxygen atoms in total. The van der Waals surface area contributed by atoms with Gasteiger partial charge in [0.1, 0.15) is 5.54 Å². The molecule has 0 radical (unpaired) electrons. The Labute approximate surface area is 125 Å². The summed E-state index contributed by atoms with van der Waals surface area (Å²) < 4.78 is 0. The van der Waals surface area contributed by atoms with Crippen molar-refractivity contribution in [2.75, 3.05) is 5.32 Å². The lowest BCUT2D eigenvalue weighted by atomic mass is 9.94. The maximum Gasteiger partial charge on any atom is 0.122 e. The van der Waals surface area contributed by atoms with Crippen LogP contribution in [0, 0.1) is 11.3 Å². The van der Waals surface area contributed by atoms with Crippen LogP contribution >= 0.6 is 11.6 Å². The van der Waals surface area contributed by atoms with Crippen molar-refractivity contribution in [2.45, 2.75) is 25.3 Å². The minimum atomic E-state index is -0.638. The second-order valence-corrected chi connectivity index (χ2v) is 5.44. The zero-order valence-corrected chi connectivity index (χ0v) is 12.2. The zero-order valence-electron chi connectivity index (χ0n) is 11.4. The van der Waals surface area contributed by atoms with E-state index >= 15 is 0 Å². The first-order valence-corrected chi connectivity index (χ1v) is 6.99. The van der Waals surface area contributed by atoms with Crippen LogP contribution in [0.4, 0.5) is 5.69 Å². The van der Waals surface area contributed by atoms with Crippen LogP contribution in [0.2, 0.25) is 5.02 Å². The number of halogens is 1. The summed E-state index contributed by atoms with van der Waals surface area (Å²) in [6.45, 7) is 1.90. The van der Waals surface area contributed by atoms with Crippen molar-refractivity contribution >= 4 is 17.3 Å². The van der Waals surface area contributed by atoms with Crippen LogP contribution in [-0.2, 0) is 6.42 Å². The van der Waals surface area contributed by atoms with Crippen molar-refractivity contribution in [1.82, 2.24) is 0 Å². The standard InChI is InChI=1S/C17H17ClN2/c1-17(13-19,12-11-14-7-3-2-4-8-14)20-16-10-6-5-9-15(16)18/h2-10,20H,11-12H2,1H3. The van der Waals surface area contributed by atoms with Gasteiger partial charge in [-0.3, -0.25) is 0 Å². The van der Waals surface area contributed by atoms with Gasteiger partial charge in [0.05, 0.1) is 16.8 Å². The Morgan fingerprint density at radius 3 is 2.40 bits per heavy atom. The monoisotopic (exact) mass is 284 g/mol. The number of nitrogens with zero attached hydrogens (tertiary/aromatic N) is 1. The number of hydrogen-bond donors (Lipinski definition) is 1. The average Bonchev–Trinajstić information content (AvgIpc) is 2.49. The van der Waals surface area contributed by atoms with Gasteiger partial charge in [0, 0.05) is 0 Å². The summed E-state index contributed by atoms with van der Waals surface area (Å²) in [5.41, 5.74) is 1.39. The Bertz CT molecular complexity index is 604. The molecule has 0 aliphatic rings. The summed E-state index contributed by atoms with van der Waals surface area (Å²) in [5, 5.41) is 13.3. The molecule has 0 saturated heterocycles. The van der Waals surface area contributed by atoms with Gasteiger partial charge in [0.2, 0.25) is 0 Å². The van der Waals surface area contributed by atoms with Crippen LogP contribution in [0.25, 0.3) is 0 Å². The topological polar surface area (TPSA) is 35.8 Å². The number of hydrogen-bond acceptors (Lipinski definition) is 2. The molecule has 1 unspecified atom stereocenters. The van der Waals surface area contributed by atoms with E-state index in [2.05, 4.69) is 23.5 Å². The van der Waals surface area contributed by atoms with Gasteiger partial charge >= 0.3 is 0 Å². The van der Waals surface area contributed by atoms with Gasteiger partial charge < -0.3 is 5.32 Å². The molecule has 0 aromatic heterocycles. The van der Waals surface area contributed by atoms with Crippen molar-refractivity contribution in [3.63, 3.8) is 0 Å². The van der Waals surface area contributed by atoms with Gasteiger partial charge in [-0.2, -0.15) is 5.26 Å². The van der Waals surface area contributed by atoms with Gasteiger partial charge in [0.25, 0.3) is 0 Å². The predicted octanol–water partition coefficient (Wildman–Crippen LogP) is 4.67. The fourth-order valence-electron chi connectivity index (χ4n) is 2.05. The molecule has 2 rings (SSSR count). The fourth-order valence-corrected chi connectivity index (χ4v) is 2.23. The minimum Gasteiger partial charge on any atom is -0.366 e. The number of anilines is 1. The molecular formula is C17H17ClN2. The number of para-hydroxylation sites is 1. The quantitative estimate of drug-likeness (QED) is 0.866. The van der Waals surface area contributed by atoms with Crippen molar-refractivity contribution in [2.24, 2.45) is 0 Å². The Balaban J connectivity index is 2.06. The summed E-state index contributed by atoms with van der Waals surface area (Å²) >= 11 is 6.13. The molecule has 0 fully saturated rings. The molecule has 2 aromatic rings. The van der Waals surface area contributed by atoms with E-state index in [1.54, 1.807) is 0 Å². The van der Waals surface area contributed by atoms with Gasteiger partial charge in [-0.05, 0) is 37.5 Å². The third-order valence-electron chi connectivity index (χ3n) is 3.29. The van der Waals surface area contributed by atoms with E-state index in [0.717, 1.165) is 18.5 Å². The predicted molar refractivity (Wildman–Crippen MR) is 83.9 cm³/mol. The highest BCUT2D eigenvalue weighted by molar-refractivity contribution is 6.33. The Kier molecular flexibility index (Phi) is 4.65. The molecular weight excluding hydrogens is 268 g/mol. The molecule has 102 valence electrons. The van der Waals surface area contributed by atoms with E-state index in [-0.39, 0.29) is 0 Å². The summed E-state index contributed by atoms with van der Waals surface area (Å²) in [6.07, 6.45) is 1.57. The fraction of sp³-hybridized carbons (Fsp3) is 0.235. The highest BCUT2D eigenvalue weighted by atomic mass is 35.5. The van der Waals surface area contributed by atoms with E-state index < -0.39 is 5.54 Å². The van der Waals surface area contributed by atoms with Crippen molar-refractivity contribution in [3.8, 4) is 6.07 Å². The first-order valence-electron chi connectivity index (χ1n) is 6.61. The highest BCUT2D eigenvalue weighted by Gasteiger charge is 2.24. The molecule has 2 aromatic carbocycles. The van der Waals surface area contributed by atoms with Crippen LogP contribution in [0.1, 0.15) is 18.9 Å². The first-order chi connectivity index (χ1) is 9.63. The van der Waals surface area contributed by atoms with Crippen molar-refractivity contribution in [3.05, 3.63) is 65.2 Å². The lowest BCUT2D eigenvalue weighted by Crippen LogP contribution is -2.33. The van der Waals surface area contributed by atoms with Crippen LogP contribution in [0.3, 0.4) is 0 Å². The summed E-state index contributed by atoms with van der Waals surface area (Å²) in [6, 6.07) is 20.0. The third-order valence-corrected chi connectivity index (χ3v) is 3.62. The molecule has 3 heteroatoms. The molecule has 1 atom stereocenters. The summed E-state index contributed by atoms with van der Waals surface area (Å²) in [5.74, 6) is 0. The number of rotatable bonds is 5. The highest BCUT2D eigenvalue weighted by Crippen LogP contribution is 2.26. The van der Waals surface area contributed by atoms with Crippen LogP contribution in [0.15, 0.2) is 54.6 Å². The van der Waals surface area contributed by atoms with E-state index in [0.29, 0.717) is 5.02 Å². The second kappa shape index (κ2) is 6.45. The Morgan fingerprint density at radius 2 is 1.75 bits per heavy atom. The van der Waals surface area contributed by atoms with Crippen LogP contribution in [-0.4, -0.2) is 5.54 Å². The number of aryl methyl sites for hydroxylation is 1. The molecule has 0 bridgehead atoms. The van der Waals surface area contributed by atoms with Gasteiger partial charge in [0.15, 0.2) is 0 Å². The molecule has 0 heterocycles. The molecule has 0 amide bonds. The lowest BCUT2D eigenvalue weighted by Gasteiger charge is -2.25. The Hall–Kier alpha value is -1.98. The second-order valence-electron chi connectivity index (χ2n) is 5.03. The molecule has 20 heavy (non-hydrogen) atoms. The van der Waals surface area contributed by atoms with E-state index in [1.165, 1.54) is 5.56 Å². The summed E-state index contributed by atoms with van der Waals surface area (Å²) in [4.78, 5) is 0. The van der Waals surface area contributed by atoms with Crippen LogP contribution < -0.4 is 5.32 Å². The van der Waals surface area contributed by atoms with Gasteiger partial charge in [-0.1, -0.05) is 54.1 Å².